The minimum absolute atomic E-state index is 0.0908. The Labute approximate surface area is 115 Å². The summed E-state index contributed by atoms with van der Waals surface area (Å²) >= 11 is 0. The van der Waals surface area contributed by atoms with E-state index in [2.05, 4.69) is 15.3 Å². The number of rotatable bonds is 3. The third-order valence-corrected chi connectivity index (χ3v) is 3.24. The van der Waals surface area contributed by atoms with Gasteiger partial charge in [-0.2, -0.15) is 0 Å². The van der Waals surface area contributed by atoms with Crippen LogP contribution >= 0.6 is 0 Å². The third-order valence-electron chi connectivity index (χ3n) is 3.24. The standard InChI is InChI=1S/C14H13FN4O/c1-16-14-17-6-11-12(18-14)8-19(13(11)20)7-9-2-4-10(15)5-3-9/h2-6H,7-8H2,1H3,(H,16,17,18). The van der Waals surface area contributed by atoms with Crippen LogP contribution in [0.4, 0.5) is 10.3 Å². The van der Waals surface area contributed by atoms with Gasteiger partial charge in [-0.25, -0.2) is 14.4 Å². The van der Waals surface area contributed by atoms with E-state index in [1.54, 1.807) is 30.3 Å². The van der Waals surface area contributed by atoms with Crippen molar-refractivity contribution in [2.45, 2.75) is 13.1 Å². The van der Waals surface area contributed by atoms with Crippen LogP contribution < -0.4 is 5.32 Å². The number of nitrogens with one attached hydrogen (secondary N) is 1. The number of carbonyl (C=O) groups is 1. The van der Waals surface area contributed by atoms with Gasteiger partial charge >= 0.3 is 0 Å². The van der Waals surface area contributed by atoms with Gasteiger partial charge in [0.25, 0.3) is 5.91 Å². The average Bonchev–Trinajstić information content (AvgIpc) is 2.77. The quantitative estimate of drug-likeness (QED) is 0.926. The van der Waals surface area contributed by atoms with E-state index >= 15 is 0 Å². The first-order valence-electron chi connectivity index (χ1n) is 6.25. The molecule has 0 atom stereocenters. The van der Waals surface area contributed by atoms with E-state index in [0.29, 0.717) is 24.6 Å². The van der Waals surface area contributed by atoms with Crippen molar-refractivity contribution in [3.63, 3.8) is 0 Å². The van der Waals surface area contributed by atoms with E-state index in [4.69, 9.17) is 0 Å². The predicted molar refractivity (Wildman–Crippen MR) is 71.6 cm³/mol. The molecule has 3 rings (SSSR count). The molecule has 1 aromatic carbocycles. The summed E-state index contributed by atoms with van der Waals surface area (Å²) in [5.74, 6) is 0.126. The van der Waals surface area contributed by atoms with Gasteiger partial charge in [0.2, 0.25) is 5.95 Å². The van der Waals surface area contributed by atoms with Gasteiger partial charge in [0.1, 0.15) is 5.82 Å². The van der Waals surface area contributed by atoms with E-state index < -0.39 is 0 Å². The number of anilines is 1. The molecular weight excluding hydrogens is 259 g/mol. The Hall–Kier alpha value is -2.50. The van der Waals surface area contributed by atoms with Gasteiger partial charge in [0.15, 0.2) is 0 Å². The maximum absolute atomic E-state index is 12.9. The second-order valence-electron chi connectivity index (χ2n) is 4.59. The first kappa shape index (κ1) is 12.5. The molecule has 0 saturated carbocycles. The molecule has 20 heavy (non-hydrogen) atoms. The molecule has 0 bridgehead atoms. The van der Waals surface area contributed by atoms with Gasteiger partial charge in [-0.1, -0.05) is 12.1 Å². The average molecular weight is 272 g/mol. The SMILES string of the molecule is CNc1ncc2c(n1)CN(Cc1ccc(F)cc1)C2=O. The maximum atomic E-state index is 12.9. The summed E-state index contributed by atoms with van der Waals surface area (Å²) in [5, 5.41) is 2.85. The Morgan fingerprint density at radius 3 is 2.80 bits per heavy atom. The fourth-order valence-electron chi connectivity index (χ4n) is 2.20. The molecule has 6 heteroatoms. The van der Waals surface area contributed by atoms with Crippen LogP contribution in [0.1, 0.15) is 21.6 Å². The summed E-state index contributed by atoms with van der Waals surface area (Å²) in [6.45, 7) is 0.882. The van der Waals surface area contributed by atoms with Gasteiger partial charge in [-0.3, -0.25) is 4.79 Å². The molecule has 1 N–H and O–H groups in total. The second kappa shape index (κ2) is 4.88. The highest BCUT2D eigenvalue weighted by Gasteiger charge is 2.29. The number of halogens is 1. The number of amides is 1. The van der Waals surface area contributed by atoms with Crippen LogP contribution in [0.2, 0.25) is 0 Å². The number of nitrogens with zero attached hydrogens (tertiary/aromatic N) is 3. The van der Waals surface area contributed by atoms with Crippen molar-refractivity contribution in [3.05, 3.63) is 53.1 Å². The van der Waals surface area contributed by atoms with Crippen LogP contribution in [0.3, 0.4) is 0 Å². The van der Waals surface area contributed by atoms with Crippen molar-refractivity contribution >= 4 is 11.9 Å². The van der Waals surface area contributed by atoms with E-state index in [9.17, 15) is 9.18 Å². The van der Waals surface area contributed by atoms with E-state index in [-0.39, 0.29) is 11.7 Å². The summed E-state index contributed by atoms with van der Waals surface area (Å²) < 4.78 is 12.9. The van der Waals surface area contributed by atoms with Crippen LogP contribution in [0.25, 0.3) is 0 Å². The monoisotopic (exact) mass is 272 g/mol. The summed E-state index contributed by atoms with van der Waals surface area (Å²) in [6, 6.07) is 6.14. The lowest BCUT2D eigenvalue weighted by Crippen LogP contribution is -2.23. The van der Waals surface area contributed by atoms with Crippen molar-refractivity contribution < 1.29 is 9.18 Å². The van der Waals surface area contributed by atoms with Crippen molar-refractivity contribution in [2.24, 2.45) is 0 Å². The fourth-order valence-corrected chi connectivity index (χ4v) is 2.20. The second-order valence-corrected chi connectivity index (χ2v) is 4.59. The van der Waals surface area contributed by atoms with Crippen LogP contribution in [0.5, 0.6) is 0 Å². The Balaban J connectivity index is 1.81. The fraction of sp³-hybridized carbons (Fsp3) is 0.214. The third kappa shape index (κ3) is 2.20. The molecule has 0 fully saturated rings. The van der Waals surface area contributed by atoms with Gasteiger partial charge in [-0.05, 0) is 17.7 Å². The van der Waals surface area contributed by atoms with Crippen LogP contribution in [-0.2, 0) is 13.1 Å². The Morgan fingerprint density at radius 1 is 1.35 bits per heavy atom. The number of hydrogen-bond donors (Lipinski definition) is 1. The molecule has 102 valence electrons. The topological polar surface area (TPSA) is 58.1 Å². The number of carbonyl (C=O) groups excluding carboxylic acids is 1. The summed E-state index contributed by atoms with van der Waals surface area (Å²) in [5.41, 5.74) is 2.14. The van der Waals surface area contributed by atoms with Crippen molar-refractivity contribution in [1.29, 1.82) is 0 Å². The molecule has 2 heterocycles. The maximum Gasteiger partial charge on any atom is 0.258 e. The van der Waals surface area contributed by atoms with Gasteiger partial charge in [-0.15, -0.1) is 0 Å². The molecule has 1 aromatic heterocycles. The van der Waals surface area contributed by atoms with Gasteiger partial charge in [0, 0.05) is 19.8 Å². The molecule has 1 amide bonds. The van der Waals surface area contributed by atoms with E-state index in [0.717, 1.165) is 11.3 Å². The normalized spacial score (nSPS) is 13.5. The highest BCUT2D eigenvalue weighted by molar-refractivity contribution is 5.97. The van der Waals surface area contributed by atoms with E-state index in [1.807, 2.05) is 0 Å². The molecule has 0 saturated heterocycles. The van der Waals surface area contributed by atoms with Crippen molar-refractivity contribution in [1.82, 2.24) is 14.9 Å². The zero-order valence-corrected chi connectivity index (χ0v) is 10.9. The van der Waals surface area contributed by atoms with Gasteiger partial charge in [0.05, 0.1) is 17.8 Å². The summed E-state index contributed by atoms with van der Waals surface area (Å²) in [6.07, 6.45) is 1.54. The first-order chi connectivity index (χ1) is 9.67. The molecule has 0 spiro atoms. The number of benzene rings is 1. The number of hydrogen-bond acceptors (Lipinski definition) is 4. The minimum Gasteiger partial charge on any atom is -0.357 e. The lowest BCUT2D eigenvalue weighted by molar-refractivity contribution is 0.0766. The number of aromatic nitrogens is 2. The highest BCUT2D eigenvalue weighted by Crippen LogP contribution is 2.23. The number of fused-ring (bicyclic) bond motifs is 1. The molecule has 1 aliphatic rings. The molecule has 0 unspecified atom stereocenters. The van der Waals surface area contributed by atoms with Crippen molar-refractivity contribution in [3.8, 4) is 0 Å². The molecule has 2 aromatic rings. The molecule has 0 aliphatic carbocycles. The Morgan fingerprint density at radius 2 is 2.10 bits per heavy atom. The molecule has 1 aliphatic heterocycles. The molecular formula is C14H13FN4O. The smallest absolute Gasteiger partial charge is 0.258 e. The van der Waals surface area contributed by atoms with Crippen LogP contribution in [0.15, 0.2) is 30.5 Å². The minimum atomic E-state index is -0.283. The molecule has 5 nitrogen and oxygen atoms in total. The predicted octanol–water partition coefficient (Wildman–Crippen LogP) is 1.81. The summed E-state index contributed by atoms with van der Waals surface area (Å²) in [7, 11) is 1.73. The van der Waals surface area contributed by atoms with Crippen LogP contribution in [-0.4, -0.2) is 27.8 Å². The first-order valence-corrected chi connectivity index (χ1v) is 6.25. The largest absolute Gasteiger partial charge is 0.357 e. The zero-order valence-electron chi connectivity index (χ0n) is 10.9. The lowest BCUT2D eigenvalue weighted by atomic mass is 10.2. The summed E-state index contributed by atoms with van der Waals surface area (Å²) in [4.78, 5) is 22.2. The Kier molecular flexibility index (Phi) is 3.06. The van der Waals surface area contributed by atoms with E-state index in [1.165, 1.54) is 12.1 Å². The molecule has 0 radical (unpaired) electrons. The zero-order chi connectivity index (χ0) is 14.1. The van der Waals surface area contributed by atoms with Crippen molar-refractivity contribution in [2.75, 3.05) is 12.4 Å². The highest BCUT2D eigenvalue weighted by atomic mass is 19.1. The van der Waals surface area contributed by atoms with Gasteiger partial charge < -0.3 is 10.2 Å². The van der Waals surface area contributed by atoms with Crippen LogP contribution in [0, 0.1) is 5.82 Å². The lowest BCUT2D eigenvalue weighted by Gasteiger charge is -2.15. The Bertz CT molecular complexity index is 657.